The number of para-hydroxylation sites is 1. The lowest BCUT2D eigenvalue weighted by atomic mass is 10.2. The van der Waals surface area contributed by atoms with Crippen molar-refractivity contribution in [2.75, 3.05) is 20.1 Å². The molecule has 1 heterocycles. The maximum atomic E-state index is 13.9. The third kappa shape index (κ3) is 4.37. The van der Waals surface area contributed by atoms with E-state index < -0.39 is 17.2 Å². The fourth-order valence-electron chi connectivity index (χ4n) is 1.96. The molecule has 0 aliphatic heterocycles. The van der Waals surface area contributed by atoms with Gasteiger partial charge in [0.25, 0.3) is 5.91 Å². The summed E-state index contributed by atoms with van der Waals surface area (Å²) in [6, 6.07) is 7.31. The molecule has 0 saturated carbocycles. The lowest BCUT2D eigenvalue weighted by Crippen LogP contribution is -2.35. The zero-order chi connectivity index (χ0) is 16.1. The van der Waals surface area contributed by atoms with Gasteiger partial charge in [-0.15, -0.1) is 12.4 Å². The smallest absolute Gasteiger partial charge is 0.275 e. The summed E-state index contributed by atoms with van der Waals surface area (Å²) in [4.78, 5) is 23.9. The number of nitrogens with zero attached hydrogens (tertiary/aromatic N) is 2. The molecule has 1 aromatic carbocycles. The van der Waals surface area contributed by atoms with E-state index in [1.807, 2.05) is 0 Å². The van der Waals surface area contributed by atoms with E-state index in [1.165, 1.54) is 22.9 Å². The topological polar surface area (TPSA) is 76.0 Å². The van der Waals surface area contributed by atoms with Crippen LogP contribution >= 0.6 is 12.4 Å². The molecular formula is C15H18ClFN4O2. The quantitative estimate of drug-likeness (QED) is 0.798. The summed E-state index contributed by atoms with van der Waals surface area (Å²) in [6.45, 7) is 2.56. The number of amides is 1. The zero-order valence-electron chi connectivity index (χ0n) is 12.8. The van der Waals surface area contributed by atoms with Gasteiger partial charge in [-0.25, -0.2) is 9.07 Å². The molecule has 0 saturated heterocycles. The molecule has 0 radical (unpaired) electrons. The Morgan fingerprint density at radius 3 is 2.65 bits per heavy atom. The van der Waals surface area contributed by atoms with Gasteiger partial charge >= 0.3 is 0 Å². The minimum absolute atomic E-state index is 0. The van der Waals surface area contributed by atoms with Crippen LogP contribution in [0.1, 0.15) is 16.2 Å². The third-order valence-corrected chi connectivity index (χ3v) is 3.06. The first-order chi connectivity index (χ1) is 10.5. The van der Waals surface area contributed by atoms with E-state index in [9.17, 15) is 14.0 Å². The maximum absolute atomic E-state index is 13.9. The van der Waals surface area contributed by atoms with Gasteiger partial charge in [0.05, 0.1) is 0 Å². The third-order valence-electron chi connectivity index (χ3n) is 3.06. The van der Waals surface area contributed by atoms with Crippen LogP contribution in [0.4, 0.5) is 4.39 Å². The van der Waals surface area contributed by atoms with Crippen LogP contribution in [0.25, 0.3) is 5.69 Å². The summed E-state index contributed by atoms with van der Waals surface area (Å²) in [5.74, 6) is -1.06. The van der Waals surface area contributed by atoms with Gasteiger partial charge in [-0.2, -0.15) is 5.10 Å². The average molecular weight is 341 g/mol. The number of carbonyl (C=O) groups is 1. The molecule has 0 aliphatic carbocycles. The highest BCUT2D eigenvalue weighted by Crippen LogP contribution is 2.12. The Morgan fingerprint density at radius 2 is 2.00 bits per heavy atom. The summed E-state index contributed by atoms with van der Waals surface area (Å²) < 4.78 is 15.1. The molecule has 2 aromatic rings. The van der Waals surface area contributed by atoms with Crippen LogP contribution in [-0.4, -0.2) is 35.8 Å². The predicted octanol–water partition coefficient (Wildman–Crippen LogP) is 1.05. The second-order valence-corrected chi connectivity index (χ2v) is 4.72. The van der Waals surface area contributed by atoms with Gasteiger partial charge in [-0.3, -0.25) is 9.59 Å². The molecule has 124 valence electrons. The second-order valence-electron chi connectivity index (χ2n) is 4.72. The number of rotatable bonds is 5. The van der Waals surface area contributed by atoms with E-state index in [0.29, 0.717) is 18.8 Å². The first kappa shape index (κ1) is 18.8. The summed E-state index contributed by atoms with van der Waals surface area (Å²) in [5.41, 5.74) is -0.122. The minimum Gasteiger partial charge on any atom is -0.349 e. The Labute approximate surface area is 139 Å². The van der Waals surface area contributed by atoms with Crippen LogP contribution in [0.3, 0.4) is 0 Å². The summed E-state index contributed by atoms with van der Waals surface area (Å²) >= 11 is 0. The SMILES string of the molecule is CNCCNC(=O)c1nn(-c2ccccc2F)c(C)cc1=O.Cl. The highest BCUT2D eigenvalue weighted by Gasteiger charge is 2.16. The molecule has 0 spiro atoms. The zero-order valence-corrected chi connectivity index (χ0v) is 13.6. The Morgan fingerprint density at radius 1 is 1.30 bits per heavy atom. The molecule has 1 aromatic heterocycles. The van der Waals surface area contributed by atoms with Gasteiger partial charge in [0.15, 0.2) is 5.69 Å². The van der Waals surface area contributed by atoms with E-state index in [-0.39, 0.29) is 23.8 Å². The van der Waals surface area contributed by atoms with E-state index in [4.69, 9.17) is 0 Å². The first-order valence-electron chi connectivity index (χ1n) is 6.83. The van der Waals surface area contributed by atoms with Crippen LogP contribution in [-0.2, 0) is 0 Å². The Balaban J connectivity index is 0.00000264. The number of hydrogen-bond acceptors (Lipinski definition) is 4. The number of likely N-dealkylation sites (N-methyl/N-ethyl adjacent to an activating group) is 1. The normalized spacial score (nSPS) is 10.0. The lowest BCUT2D eigenvalue weighted by molar-refractivity contribution is 0.0946. The maximum Gasteiger partial charge on any atom is 0.275 e. The van der Waals surface area contributed by atoms with E-state index in [2.05, 4.69) is 15.7 Å². The predicted molar refractivity (Wildman–Crippen MR) is 88.0 cm³/mol. The van der Waals surface area contributed by atoms with Gasteiger partial charge in [-0.05, 0) is 26.1 Å². The molecule has 8 heteroatoms. The monoisotopic (exact) mass is 340 g/mol. The fraction of sp³-hybridized carbons (Fsp3) is 0.267. The van der Waals surface area contributed by atoms with Crippen LogP contribution in [0, 0.1) is 12.7 Å². The molecule has 0 fully saturated rings. The Bertz CT molecular complexity index is 748. The van der Waals surface area contributed by atoms with Gasteiger partial charge in [0.2, 0.25) is 5.43 Å². The number of halogens is 2. The van der Waals surface area contributed by atoms with E-state index in [0.717, 1.165) is 0 Å². The molecule has 2 rings (SSSR count). The highest BCUT2D eigenvalue weighted by molar-refractivity contribution is 5.92. The number of benzene rings is 1. The van der Waals surface area contributed by atoms with Gasteiger partial charge in [0, 0.05) is 24.8 Å². The number of aromatic nitrogens is 2. The number of hydrogen-bond donors (Lipinski definition) is 2. The van der Waals surface area contributed by atoms with Crippen LogP contribution < -0.4 is 16.1 Å². The number of aryl methyl sites for hydroxylation is 1. The average Bonchev–Trinajstić information content (AvgIpc) is 2.48. The lowest BCUT2D eigenvalue weighted by Gasteiger charge is -2.12. The summed E-state index contributed by atoms with van der Waals surface area (Å²) in [7, 11) is 1.75. The van der Waals surface area contributed by atoms with Crippen molar-refractivity contribution in [3.05, 3.63) is 57.8 Å². The minimum atomic E-state index is -0.578. The molecule has 0 atom stereocenters. The Kier molecular flexibility index (Phi) is 6.87. The summed E-state index contributed by atoms with van der Waals surface area (Å²) in [6.07, 6.45) is 0. The van der Waals surface area contributed by atoms with Crippen molar-refractivity contribution in [2.45, 2.75) is 6.92 Å². The molecule has 0 bridgehead atoms. The van der Waals surface area contributed by atoms with E-state index in [1.54, 1.807) is 26.1 Å². The van der Waals surface area contributed by atoms with Crippen molar-refractivity contribution in [1.29, 1.82) is 0 Å². The van der Waals surface area contributed by atoms with Crippen molar-refractivity contribution in [3.63, 3.8) is 0 Å². The van der Waals surface area contributed by atoms with E-state index >= 15 is 0 Å². The molecular weight excluding hydrogens is 323 g/mol. The Hall–Kier alpha value is -2.25. The van der Waals surface area contributed by atoms with Crippen LogP contribution in [0.2, 0.25) is 0 Å². The fourth-order valence-corrected chi connectivity index (χ4v) is 1.96. The van der Waals surface area contributed by atoms with Crippen molar-refractivity contribution in [3.8, 4) is 5.69 Å². The second kappa shape index (κ2) is 8.40. The molecule has 0 unspecified atom stereocenters. The van der Waals surface area contributed by atoms with Gasteiger partial charge in [-0.1, -0.05) is 12.1 Å². The molecule has 6 nitrogen and oxygen atoms in total. The largest absolute Gasteiger partial charge is 0.349 e. The first-order valence-corrected chi connectivity index (χ1v) is 6.83. The molecule has 1 amide bonds. The molecule has 0 aliphatic rings. The van der Waals surface area contributed by atoms with Crippen LogP contribution in [0.5, 0.6) is 0 Å². The van der Waals surface area contributed by atoms with Crippen molar-refractivity contribution in [2.24, 2.45) is 0 Å². The van der Waals surface area contributed by atoms with Crippen molar-refractivity contribution >= 4 is 18.3 Å². The molecule has 2 N–H and O–H groups in total. The summed E-state index contributed by atoms with van der Waals surface area (Å²) in [5, 5.41) is 9.47. The molecule has 23 heavy (non-hydrogen) atoms. The van der Waals surface area contributed by atoms with Gasteiger partial charge < -0.3 is 10.6 Å². The van der Waals surface area contributed by atoms with Crippen molar-refractivity contribution in [1.82, 2.24) is 20.4 Å². The number of nitrogens with one attached hydrogen (secondary N) is 2. The van der Waals surface area contributed by atoms with Crippen molar-refractivity contribution < 1.29 is 9.18 Å². The van der Waals surface area contributed by atoms with Crippen LogP contribution in [0.15, 0.2) is 35.1 Å². The highest BCUT2D eigenvalue weighted by atomic mass is 35.5. The standard InChI is InChI=1S/C15H17FN4O2.ClH/c1-10-9-13(21)14(15(22)18-8-7-17-2)19-20(10)12-6-4-3-5-11(12)16;/h3-6,9,17H,7-8H2,1-2H3,(H,18,22);1H. The number of carbonyl (C=O) groups excluding carboxylic acids is 1. The van der Waals surface area contributed by atoms with Gasteiger partial charge in [0.1, 0.15) is 11.5 Å².